The standard InChI is InChI=1S/C11H13ClN2O4/c1-18-9(11(16)17)5-14-8-4-6(12)2-3-7(8)10(13)15/h2-4,9,14H,5H2,1H3,(H2,13,15)(H,16,17). The number of ether oxygens (including phenoxy) is 1. The van der Waals surface area contributed by atoms with E-state index < -0.39 is 18.0 Å². The summed E-state index contributed by atoms with van der Waals surface area (Å²) >= 11 is 5.79. The molecule has 6 nitrogen and oxygen atoms in total. The minimum absolute atomic E-state index is 0.00748. The van der Waals surface area contributed by atoms with Crippen LogP contribution in [-0.2, 0) is 9.53 Å². The lowest BCUT2D eigenvalue weighted by atomic mass is 10.1. The lowest BCUT2D eigenvalue weighted by Gasteiger charge is -2.14. The number of carboxylic acid groups (broad SMARTS) is 1. The highest BCUT2D eigenvalue weighted by Crippen LogP contribution is 2.20. The fourth-order valence-electron chi connectivity index (χ4n) is 1.35. The maximum atomic E-state index is 11.2. The van der Waals surface area contributed by atoms with E-state index in [9.17, 15) is 9.59 Å². The number of benzene rings is 1. The molecule has 4 N–H and O–H groups in total. The topological polar surface area (TPSA) is 102 Å². The van der Waals surface area contributed by atoms with Crippen LogP contribution < -0.4 is 11.1 Å². The second-order valence-electron chi connectivity index (χ2n) is 3.50. The van der Waals surface area contributed by atoms with Gasteiger partial charge < -0.3 is 20.9 Å². The summed E-state index contributed by atoms with van der Waals surface area (Å²) in [6.07, 6.45) is -1.02. The van der Waals surface area contributed by atoms with Gasteiger partial charge >= 0.3 is 5.97 Å². The predicted molar refractivity (Wildman–Crippen MR) is 66.9 cm³/mol. The normalized spacial score (nSPS) is 11.9. The fraction of sp³-hybridized carbons (Fsp3) is 0.273. The molecule has 0 fully saturated rings. The number of hydrogen-bond acceptors (Lipinski definition) is 4. The van der Waals surface area contributed by atoms with Crippen LogP contribution in [-0.4, -0.2) is 36.7 Å². The Bertz CT molecular complexity index is 464. The summed E-state index contributed by atoms with van der Waals surface area (Å²) in [6, 6.07) is 4.49. The number of anilines is 1. The van der Waals surface area contributed by atoms with Gasteiger partial charge in [0.25, 0.3) is 5.91 Å². The van der Waals surface area contributed by atoms with Gasteiger partial charge in [-0.25, -0.2) is 4.79 Å². The number of hydrogen-bond donors (Lipinski definition) is 3. The second-order valence-corrected chi connectivity index (χ2v) is 3.93. The van der Waals surface area contributed by atoms with Crippen molar-refractivity contribution in [3.05, 3.63) is 28.8 Å². The first kappa shape index (κ1) is 14.3. The van der Waals surface area contributed by atoms with Crippen molar-refractivity contribution >= 4 is 29.2 Å². The summed E-state index contributed by atoms with van der Waals surface area (Å²) in [4.78, 5) is 21.9. The lowest BCUT2D eigenvalue weighted by molar-refractivity contribution is -0.147. The van der Waals surface area contributed by atoms with Crippen LogP contribution in [0.25, 0.3) is 0 Å². The summed E-state index contributed by atoms with van der Waals surface area (Å²) in [5, 5.41) is 12.0. The molecule has 0 aliphatic rings. The Balaban J connectivity index is 2.86. The molecule has 1 atom stereocenters. The Kier molecular flexibility index (Phi) is 4.94. The zero-order chi connectivity index (χ0) is 13.7. The molecule has 0 saturated heterocycles. The van der Waals surface area contributed by atoms with Crippen molar-refractivity contribution in [2.24, 2.45) is 5.73 Å². The number of amides is 1. The maximum absolute atomic E-state index is 11.2. The van der Waals surface area contributed by atoms with Crippen LogP contribution >= 0.6 is 11.6 Å². The van der Waals surface area contributed by atoms with Crippen LogP contribution in [0.1, 0.15) is 10.4 Å². The molecule has 0 radical (unpaired) electrons. The zero-order valence-electron chi connectivity index (χ0n) is 9.64. The van der Waals surface area contributed by atoms with Gasteiger partial charge in [-0.2, -0.15) is 0 Å². The molecular formula is C11H13ClN2O4. The molecule has 7 heteroatoms. The average molecular weight is 273 g/mol. The largest absolute Gasteiger partial charge is 0.479 e. The molecule has 0 spiro atoms. The van der Waals surface area contributed by atoms with Crippen molar-refractivity contribution in [1.82, 2.24) is 0 Å². The molecule has 1 aromatic rings. The predicted octanol–water partition coefficient (Wildman–Crippen LogP) is 0.950. The van der Waals surface area contributed by atoms with Crippen molar-refractivity contribution in [2.45, 2.75) is 6.10 Å². The van der Waals surface area contributed by atoms with Crippen LogP contribution in [0.5, 0.6) is 0 Å². The lowest BCUT2D eigenvalue weighted by Crippen LogP contribution is -2.31. The molecule has 0 aliphatic carbocycles. The first-order chi connectivity index (χ1) is 8.45. The monoisotopic (exact) mass is 272 g/mol. The van der Waals surface area contributed by atoms with Gasteiger partial charge in [-0.15, -0.1) is 0 Å². The fourth-order valence-corrected chi connectivity index (χ4v) is 1.52. The first-order valence-corrected chi connectivity index (χ1v) is 5.42. The highest BCUT2D eigenvalue weighted by atomic mass is 35.5. The van der Waals surface area contributed by atoms with E-state index in [-0.39, 0.29) is 12.1 Å². The number of rotatable bonds is 6. The van der Waals surface area contributed by atoms with E-state index in [1.807, 2.05) is 0 Å². The Morgan fingerprint density at radius 1 is 1.56 bits per heavy atom. The molecule has 1 unspecified atom stereocenters. The van der Waals surface area contributed by atoms with E-state index in [1.54, 1.807) is 0 Å². The smallest absolute Gasteiger partial charge is 0.334 e. The molecule has 1 rings (SSSR count). The number of aliphatic carboxylic acids is 1. The van der Waals surface area contributed by atoms with Gasteiger partial charge in [-0.1, -0.05) is 11.6 Å². The minimum Gasteiger partial charge on any atom is -0.479 e. The Morgan fingerprint density at radius 3 is 2.72 bits per heavy atom. The van der Waals surface area contributed by atoms with Crippen molar-refractivity contribution < 1.29 is 19.4 Å². The molecule has 0 aromatic heterocycles. The third-order valence-corrected chi connectivity index (χ3v) is 2.52. The number of nitrogens with two attached hydrogens (primary N) is 1. The number of methoxy groups -OCH3 is 1. The minimum atomic E-state index is -1.10. The van der Waals surface area contributed by atoms with Crippen molar-refractivity contribution in [3.63, 3.8) is 0 Å². The van der Waals surface area contributed by atoms with Gasteiger partial charge in [0.15, 0.2) is 6.10 Å². The Labute approximate surface area is 109 Å². The van der Waals surface area contributed by atoms with Gasteiger partial charge in [0.05, 0.1) is 12.1 Å². The van der Waals surface area contributed by atoms with Gasteiger partial charge in [0.1, 0.15) is 0 Å². The number of carbonyl (C=O) groups excluding carboxylic acids is 1. The van der Waals surface area contributed by atoms with Crippen LogP contribution in [0.15, 0.2) is 18.2 Å². The van der Waals surface area contributed by atoms with Crippen molar-refractivity contribution in [2.75, 3.05) is 19.0 Å². The Morgan fingerprint density at radius 2 is 2.22 bits per heavy atom. The molecule has 1 amide bonds. The van der Waals surface area contributed by atoms with Crippen LogP contribution in [0.2, 0.25) is 5.02 Å². The molecule has 0 saturated carbocycles. The number of carbonyl (C=O) groups is 2. The maximum Gasteiger partial charge on any atom is 0.334 e. The molecule has 0 heterocycles. The Hall–Kier alpha value is -1.79. The van der Waals surface area contributed by atoms with E-state index in [0.717, 1.165) is 0 Å². The second kappa shape index (κ2) is 6.23. The first-order valence-electron chi connectivity index (χ1n) is 5.04. The van der Waals surface area contributed by atoms with Gasteiger partial charge in [0.2, 0.25) is 0 Å². The SMILES string of the molecule is COC(CNc1cc(Cl)ccc1C(N)=O)C(=O)O. The molecule has 0 aliphatic heterocycles. The summed E-state index contributed by atoms with van der Waals surface area (Å²) < 4.78 is 4.75. The average Bonchev–Trinajstić information content (AvgIpc) is 2.29. The third-order valence-electron chi connectivity index (χ3n) is 2.28. The van der Waals surface area contributed by atoms with Crippen LogP contribution in [0.3, 0.4) is 0 Å². The van der Waals surface area contributed by atoms with E-state index in [2.05, 4.69) is 5.32 Å². The highest BCUT2D eigenvalue weighted by molar-refractivity contribution is 6.31. The summed E-state index contributed by atoms with van der Waals surface area (Å²) in [5.41, 5.74) is 5.80. The third kappa shape index (κ3) is 3.61. The number of halogens is 1. The van der Waals surface area contributed by atoms with E-state index >= 15 is 0 Å². The van der Waals surface area contributed by atoms with E-state index in [0.29, 0.717) is 10.7 Å². The summed E-state index contributed by atoms with van der Waals surface area (Å²) in [7, 11) is 1.29. The quantitative estimate of drug-likeness (QED) is 0.716. The molecule has 98 valence electrons. The van der Waals surface area contributed by atoms with Gasteiger partial charge in [-0.05, 0) is 18.2 Å². The van der Waals surface area contributed by atoms with Gasteiger partial charge in [0, 0.05) is 17.8 Å². The number of carboxylic acids is 1. The molecule has 0 bridgehead atoms. The molecule has 1 aromatic carbocycles. The van der Waals surface area contributed by atoms with Crippen LogP contribution in [0.4, 0.5) is 5.69 Å². The van der Waals surface area contributed by atoms with Gasteiger partial charge in [-0.3, -0.25) is 4.79 Å². The highest BCUT2D eigenvalue weighted by Gasteiger charge is 2.17. The number of nitrogens with one attached hydrogen (secondary N) is 1. The number of primary amides is 1. The van der Waals surface area contributed by atoms with Crippen LogP contribution in [0, 0.1) is 0 Å². The summed E-state index contributed by atoms with van der Waals surface area (Å²) in [5.74, 6) is -1.73. The van der Waals surface area contributed by atoms with E-state index in [4.69, 9.17) is 27.2 Å². The molecule has 18 heavy (non-hydrogen) atoms. The summed E-state index contributed by atoms with van der Waals surface area (Å²) in [6.45, 7) is -0.00748. The zero-order valence-corrected chi connectivity index (χ0v) is 10.4. The molecular weight excluding hydrogens is 260 g/mol. The van der Waals surface area contributed by atoms with Crippen molar-refractivity contribution in [3.8, 4) is 0 Å². The van der Waals surface area contributed by atoms with E-state index in [1.165, 1.54) is 25.3 Å². The van der Waals surface area contributed by atoms with Crippen molar-refractivity contribution in [1.29, 1.82) is 0 Å².